The summed E-state index contributed by atoms with van der Waals surface area (Å²) in [6, 6.07) is 2.57. The van der Waals surface area contributed by atoms with Crippen molar-refractivity contribution >= 4 is 37.8 Å². The summed E-state index contributed by atoms with van der Waals surface area (Å²) in [5, 5.41) is 0.333. The molecule has 0 aliphatic rings. The molecule has 0 aliphatic heterocycles. The van der Waals surface area contributed by atoms with E-state index in [1.54, 1.807) is 24.6 Å². The van der Waals surface area contributed by atoms with Crippen LogP contribution in [0.2, 0.25) is 0 Å². The molecular formula is C15H12BrF3N4OS. The fraction of sp³-hybridized carbons (Fsp3) is 0.267. The number of imidazole rings is 1. The van der Waals surface area contributed by atoms with Gasteiger partial charge in [-0.2, -0.15) is 13.2 Å². The number of halogens is 4. The zero-order valence-electron chi connectivity index (χ0n) is 13.1. The van der Waals surface area contributed by atoms with Crippen LogP contribution in [0.4, 0.5) is 13.2 Å². The minimum absolute atomic E-state index is 0.156. The Kier molecular flexibility index (Phi) is 4.67. The van der Waals surface area contributed by atoms with E-state index < -0.39 is 22.7 Å². The van der Waals surface area contributed by atoms with Crippen LogP contribution in [-0.4, -0.2) is 29.5 Å². The number of fused-ring (bicyclic) bond motifs is 1. The third-order valence-corrected chi connectivity index (χ3v) is 5.55. The van der Waals surface area contributed by atoms with Crippen molar-refractivity contribution < 1.29 is 17.4 Å². The molecule has 3 aromatic rings. The molecule has 5 nitrogen and oxygen atoms in total. The minimum Gasteiger partial charge on any atom is -0.326 e. The van der Waals surface area contributed by atoms with Crippen LogP contribution in [0, 0.1) is 0 Å². The van der Waals surface area contributed by atoms with Gasteiger partial charge in [0, 0.05) is 23.5 Å². The fourth-order valence-corrected chi connectivity index (χ4v) is 3.89. The monoisotopic (exact) mass is 432 g/mol. The second kappa shape index (κ2) is 6.49. The molecule has 3 aromatic heterocycles. The summed E-state index contributed by atoms with van der Waals surface area (Å²) in [5.41, 5.74) is 0.0815. The van der Waals surface area contributed by atoms with Gasteiger partial charge in [-0.25, -0.2) is 15.0 Å². The molecule has 3 heterocycles. The molecule has 0 aromatic carbocycles. The van der Waals surface area contributed by atoms with E-state index in [1.165, 1.54) is 6.20 Å². The molecule has 1 unspecified atom stereocenters. The third kappa shape index (κ3) is 3.20. The van der Waals surface area contributed by atoms with Gasteiger partial charge in [-0.15, -0.1) is 0 Å². The molecule has 0 spiro atoms. The van der Waals surface area contributed by atoms with Gasteiger partial charge in [0.2, 0.25) is 0 Å². The van der Waals surface area contributed by atoms with Crippen LogP contribution < -0.4 is 0 Å². The Labute approximate surface area is 151 Å². The Morgan fingerprint density at radius 1 is 1.32 bits per heavy atom. The first-order valence-corrected chi connectivity index (χ1v) is 9.28. The SMILES string of the molecule is CCS(=O)c1nccc(Br)c1-c1nc2cc(C(F)(F)F)ncc2n1C. The smallest absolute Gasteiger partial charge is 0.326 e. The number of rotatable bonds is 3. The molecule has 0 saturated heterocycles. The molecule has 0 amide bonds. The maximum absolute atomic E-state index is 12.9. The Morgan fingerprint density at radius 2 is 2.04 bits per heavy atom. The summed E-state index contributed by atoms with van der Waals surface area (Å²) in [6.07, 6.45) is -1.90. The van der Waals surface area contributed by atoms with E-state index in [0.29, 0.717) is 32.2 Å². The number of nitrogens with zero attached hydrogens (tertiary/aromatic N) is 4. The highest BCUT2D eigenvalue weighted by molar-refractivity contribution is 9.10. The van der Waals surface area contributed by atoms with Gasteiger partial charge < -0.3 is 4.57 Å². The summed E-state index contributed by atoms with van der Waals surface area (Å²) >= 11 is 3.40. The molecule has 0 radical (unpaired) electrons. The second-order valence-electron chi connectivity index (χ2n) is 5.16. The standard InChI is InChI=1S/C15H12BrF3N4OS/c1-3-25(24)14-12(8(16)4-5-20-14)13-22-9-6-11(15(17,18)19)21-7-10(9)23(13)2/h4-7H,3H2,1-2H3. The van der Waals surface area contributed by atoms with Crippen LogP contribution >= 0.6 is 15.9 Å². The lowest BCUT2D eigenvalue weighted by atomic mass is 10.2. The first-order valence-electron chi connectivity index (χ1n) is 7.17. The maximum Gasteiger partial charge on any atom is 0.433 e. The number of alkyl halides is 3. The molecule has 3 rings (SSSR count). The van der Waals surface area contributed by atoms with Crippen molar-refractivity contribution in [3.05, 3.63) is 34.7 Å². The molecule has 0 aliphatic carbocycles. The minimum atomic E-state index is -4.55. The van der Waals surface area contributed by atoms with Crippen molar-refractivity contribution in [3.8, 4) is 11.4 Å². The van der Waals surface area contributed by atoms with Crippen molar-refractivity contribution in [1.29, 1.82) is 0 Å². The normalized spacial score (nSPS) is 13.4. The third-order valence-electron chi connectivity index (χ3n) is 3.62. The van der Waals surface area contributed by atoms with E-state index in [-0.39, 0.29) is 5.52 Å². The summed E-state index contributed by atoms with van der Waals surface area (Å²) < 4.78 is 53.1. The van der Waals surface area contributed by atoms with Crippen LogP contribution in [0.1, 0.15) is 12.6 Å². The zero-order valence-corrected chi connectivity index (χ0v) is 15.5. The summed E-state index contributed by atoms with van der Waals surface area (Å²) in [7, 11) is 0.313. The van der Waals surface area contributed by atoms with Gasteiger partial charge in [0.1, 0.15) is 16.5 Å². The quantitative estimate of drug-likeness (QED) is 0.628. The van der Waals surface area contributed by atoms with Crippen molar-refractivity contribution in [2.45, 2.75) is 18.1 Å². The molecule has 0 fully saturated rings. The molecule has 10 heteroatoms. The van der Waals surface area contributed by atoms with Crippen molar-refractivity contribution in [1.82, 2.24) is 19.5 Å². The van der Waals surface area contributed by atoms with E-state index in [4.69, 9.17) is 0 Å². The summed E-state index contributed by atoms with van der Waals surface area (Å²) in [6.45, 7) is 1.76. The summed E-state index contributed by atoms with van der Waals surface area (Å²) in [5.74, 6) is 0.730. The van der Waals surface area contributed by atoms with Crippen LogP contribution in [-0.2, 0) is 24.0 Å². The van der Waals surface area contributed by atoms with Gasteiger partial charge in [-0.3, -0.25) is 4.21 Å². The Morgan fingerprint density at radius 3 is 2.68 bits per heavy atom. The summed E-state index contributed by atoms with van der Waals surface area (Å²) in [4.78, 5) is 12.0. The number of pyridine rings is 2. The first kappa shape index (κ1) is 18.0. The average molecular weight is 433 g/mol. The van der Waals surface area contributed by atoms with Crippen LogP contribution in [0.5, 0.6) is 0 Å². The Balaban J connectivity index is 2.27. The van der Waals surface area contributed by atoms with Crippen LogP contribution in [0.25, 0.3) is 22.4 Å². The van der Waals surface area contributed by atoms with Crippen molar-refractivity contribution in [2.24, 2.45) is 7.05 Å². The zero-order chi connectivity index (χ0) is 18.4. The molecule has 0 bridgehead atoms. The van der Waals surface area contributed by atoms with Crippen LogP contribution in [0.15, 0.2) is 34.0 Å². The van der Waals surface area contributed by atoms with E-state index >= 15 is 0 Å². The van der Waals surface area contributed by atoms with Crippen molar-refractivity contribution in [2.75, 3.05) is 5.75 Å². The van der Waals surface area contributed by atoms with Gasteiger partial charge in [0.25, 0.3) is 0 Å². The molecule has 25 heavy (non-hydrogen) atoms. The molecule has 0 N–H and O–H groups in total. The average Bonchev–Trinajstić information content (AvgIpc) is 2.89. The van der Waals surface area contributed by atoms with Gasteiger partial charge in [0.05, 0.1) is 33.6 Å². The van der Waals surface area contributed by atoms with E-state index in [2.05, 4.69) is 30.9 Å². The topological polar surface area (TPSA) is 60.7 Å². The number of aromatic nitrogens is 4. The molecule has 1 atom stereocenters. The van der Waals surface area contributed by atoms with Gasteiger partial charge in [0.15, 0.2) is 0 Å². The maximum atomic E-state index is 12.9. The lowest BCUT2D eigenvalue weighted by Crippen LogP contribution is -2.07. The largest absolute Gasteiger partial charge is 0.433 e. The lowest BCUT2D eigenvalue weighted by molar-refractivity contribution is -0.141. The van der Waals surface area contributed by atoms with Gasteiger partial charge >= 0.3 is 6.18 Å². The fourth-order valence-electron chi connectivity index (χ4n) is 2.40. The predicted octanol–water partition coefficient (Wildman–Crippen LogP) is 3.94. The first-order chi connectivity index (χ1) is 11.7. The Bertz CT molecular complexity index is 987. The van der Waals surface area contributed by atoms with Crippen LogP contribution in [0.3, 0.4) is 0 Å². The van der Waals surface area contributed by atoms with E-state index in [0.717, 1.165) is 12.3 Å². The molecule has 132 valence electrons. The highest BCUT2D eigenvalue weighted by atomic mass is 79.9. The van der Waals surface area contributed by atoms with E-state index in [1.807, 2.05) is 0 Å². The number of aryl methyl sites for hydroxylation is 1. The van der Waals surface area contributed by atoms with Crippen molar-refractivity contribution in [3.63, 3.8) is 0 Å². The Hall–Kier alpha value is -1.81. The number of hydrogen-bond acceptors (Lipinski definition) is 4. The molecular weight excluding hydrogens is 421 g/mol. The van der Waals surface area contributed by atoms with Gasteiger partial charge in [-0.05, 0) is 28.1 Å². The number of hydrogen-bond donors (Lipinski definition) is 0. The lowest BCUT2D eigenvalue weighted by Gasteiger charge is -2.09. The second-order valence-corrected chi connectivity index (χ2v) is 7.67. The highest BCUT2D eigenvalue weighted by Crippen LogP contribution is 2.35. The van der Waals surface area contributed by atoms with Gasteiger partial charge in [-0.1, -0.05) is 6.92 Å². The molecule has 0 saturated carbocycles. The highest BCUT2D eigenvalue weighted by Gasteiger charge is 2.33. The van der Waals surface area contributed by atoms with E-state index in [9.17, 15) is 17.4 Å². The predicted molar refractivity (Wildman–Crippen MR) is 91.4 cm³/mol.